The maximum absolute atomic E-state index is 12.1. The van der Waals surface area contributed by atoms with E-state index in [1.165, 1.54) is 6.92 Å². The van der Waals surface area contributed by atoms with Gasteiger partial charge in [-0.1, -0.05) is 11.6 Å². The van der Waals surface area contributed by atoms with Crippen LogP contribution in [0.25, 0.3) is 0 Å². The molecule has 0 spiro atoms. The Morgan fingerprint density at radius 3 is 2.59 bits per heavy atom. The molecule has 3 N–H and O–H groups in total. The van der Waals surface area contributed by atoms with Crippen LogP contribution in [-0.4, -0.2) is 31.0 Å². The summed E-state index contributed by atoms with van der Waals surface area (Å²) in [5, 5.41) is 2.87. The lowest BCUT2D eigenvalue weighted by Crippen LogP contribution is -2.23. The molecule has 0 saturated heterocycles. The Bertz CT molecular complexity index is 896. The highest BCUT2D eigenvalue weighted by Gasteiger charge is 2.29. The Hall–Kier alpha value is -2.52. The van der Waals surface area contributed by atoms with E-state index in [0.29, 0.717) is 15.2 Å². The molecular weight excluding hydrogens is 444 g/mol. The van der Waals surface area contributed by atoms with Gasteiger partial charge in [0.1, 0.15) is 22.6 Å². The lowest BCUT2D eigenvalue weighted by Gasteiger charge is -2.08. The first-order chi connectivity index (χ1) is 12.7. The molecule has 2 aromatic rings. The molecule has 0 aliphatic heterocycles. The zero-order chi connectivity index (χ0) is 20.1. The van der Waals surface area contributed by atoms with Gasteiger partial charge in [0.2, 0.25) is 5.88 Å². The molecule has 0 saturated carbocycles. The van der Waals surface area contributed by atoms with E-state index in [-0.39, 0.29) is 36.0 Å². The molecule has 2 amide bonds. The summed E-state index contributed by atoms with van der Waals surface area (Å²) in [7, 11) is 0. The number of furan rings is 1. The Kier molecular flexibility index (Phi) is 6.86. The van der Waals surface area contributed by atoms with Gasteiger partial charge in [0.25, 0.3) is 11.8 Å². The number of benzene rings is 1. The van der Waals surface area contributed by atoms with E-state index in [1.807, 2.05) is 0 Å². The SMILES string of the molecule is CCOC(=O)c1c(C)oc(NC(=O)COc2ccc(Cl)cc2Br)c1C(N)=O. The van der Waals surface area contributed by atoms with Gasteiger partial charge in [0.05, 0.1) is 11.1 Å². The van der Waals surface area contributed by atoms with Gasteiger partial charge in [-0.15, -0.1) is 0 Å². The monoisotopic (exact) mass is 458 g/mol. The van der Waals surface area contributed by atoms with Crippen molar-refractivity contribution in [3.63, 3.8) is 0 Å². The number of carbonyl (C=O) groups is 3. The number of halogens is 2. The van der Waals surface area contributed by atoms with Crippen LogP contribution in [0, 0.1) is 6.92 Å². The smallest absolute Gasteiger partial charge is 0.342 e. The van der Waals surface area contributed by atoms with E-state index >= 15 is 0 Å². The van der Waals surface area contributed by atoms with Crippen LogP contribution in [0.2, 0.25) is 5.02 Å². The maximum Gasteiger partial charge on any atom is 0.342 e. The normalized spacial score (nSPS) is 10.4. The van der Waals surface area contributed by atoms with Crippen molar-refractivity contribution in [1.82, 2.24) is 0 Å². The van der Waals surface area contributed by atoms with Gasteiger partial charge in [-0.05, 0) is 48.0 Å². The predicted molar refractivity (Wildman–Crippen MR) is 101 cm³/mol. The van der Waals surface area contributed by atoms with Crippen LogP contribution in [0.3, 0.4) is 0 Å². The minimum atomic E-state index is -0.938. The number of rotatable bonds is 7. The molecule has 27 heavy (non-hydrogen) atoms. The lowest BCUT2D eigenvalue weighted by atomic mass is 10.1. The van der Waals surface area contributed by atoms with Crippen LogP contribution in [0.5, 0.6) is 5.75 Å². The van der Waals surface area contributed by atoms with Crippen molar-refractivity contribution in [2.45, 2.75) is 13.8 Å². The fourth-order valence-corrected chi connectivity index (χ4v) is 3.01. The summed E-state index contributed by atoms with van der Waals surface area (Å²) in [5.74, 6) is -2.08. The molecule has 0 aliphatic carbocycles. The zero-order valence-electron chi connectivity index (χ0n) is 14.4. The summed E-state index contributed by atoms with van der Waals surface area (Å²) < 4.78 is 16.2. The fourth-order valence-electron chi connectivity index (χ4n) is 2.22. The molecule has 1 aromatic heterocycles. The van der Waals surface area contributed by atoms with Gasteiger partial charge in [-0.2, -0.15) is 0 Å². The van der Waals surface area contributed by atoms with E-state index in [9.17, 15) is 14.4 Å². The van der Waals surface area contributed by atoms with Crippen LogP contribution in [0.1, 0.15) is 33.4 Å². The fraction of sp³-hybridized carbons (Fsp3) is 0.235. The molecule has 2 rings (SSSR count). The molecule has 0 atom stereocenters. The van der Waals surface area contributed by atoms with E-state index in [2.05, 4.69) is 21.2 Å². The molecule has 0 fully saturated rings. The number of primary amides is 1. The second-order valence-electron chi connectivity index (χ2n) is 5.23. The lowest BCUT2D eigenvalue weighted by molar-refractivity contribution is -0.118. The highest BCUT2D eigenvalue weighted by atomic mass is 79.9. The summed E-state index contributed by atoms with van der Waals surface area (Å²) >= 11 is 9.11. The Labute approximate surface area is 168 Å². The molecule has 0 unspecified atom stereocenters. The number of aryl methyl sites for hydroxylation is 1. The molecule has 0 aliphatic rings. The van der Waals surface area contributed by atoms with E-state index in [0.717, 1.165) is 0 Å². The zero-order valence-corrected chi connectivity index (χ0v) is 16.8. The highest BCUT2D eigenvalue weighted by Crippen LogP contribution is 2.29. The average Bonchev–Trinajstić information content (AvgIpc) is 2.90. The number of esters is 1. The molecule has 10 heteroatoms. The molecule has 144 valence electrons. The summed E-state index contributed by atoms with van der Waals surface area (Å²) in [6.07, 6.45) is 0. The molecular formula is C17H16BrClN2O6. The van der Waals surface area contributed by atoms with Gasteiger partial charge < -0.3 is 19.6 Å². The topological polar surface area (TPSA) is 121 Å². The van der Waals surface area contributed by atoms with Crippen LogP contribution in [0.4, 0.5) is 5.88 Å². The number of ether oxygens (including phenoxy) is 2. The van der Waals surface area contributed by atoms with Gasteiger partial charge in [0, 0.05) is 5.02 Å². The van der Waals surface area contributed by atoms with E-state index < -0.39 is 17.8 Å². The maximum atomic E-state index is 12.1. The number of amides is 2. The van der Waals surface area contributed by atoms with Crippen LogP contribution in [0.15, 0.2) is 27.1 Å². The first kappa shape index (κ1) is 20.8. The second-order valence-corrected chi connectivity index (χ2v) is 6.52. The summed E-state index contributed by atoms with van der Waals surface area (Å²) in [5.41, 5.74) is 4.95. The number of hydrogen-bond acceptors (Lipinski definition) is 6. The van der Waals surface area contributed by atoms with Crippen molar-refractivity contribution >= 4 is 51.2 Å². The third kappa shape index (κ3) is 5.01. The Morgan fingerprint density at radius 2 is 2.00 bits per heavy atom. The van der Waals surface area contributed by atoms with Gasteiger partial charge in [-0.25, -0.2) is 4.79 Å². The summed E-state index contributed by atoms with van der Waals surface area (Å²) in [6, 6.07) is 4.80. The molecule has 8 nitrogen and oxygen atoms in total. The minimum absolute atomic E-state index is 0.0962. The van der Waals surface area contributed by atoms with Crippen molar-refractivity contribution < 1.29 is 28.3 Å². The first-order valence-electron chi connectivity index (χ1n) is 7.72. The Balaban J connectivity index is 2.16. The summed E-state index contributed by atoms with van der Waals surface area (Å²) in [4.78, 5) is 35.9. The van der Waals surface area contributed by atoms with Gasteiger partial charge in [-0.3, -0.25) is 14.9 Å². The molecule has 0 radical (unpaired) electrons. The predicted octanol–water partition coefficient (Wildman–Crippen LogP) is 3.30. The van der Waals surface area contributed by atoms with Gasteiger partial charge >= 0.3 is 5.97 Å². The van der Waals surface area contributed by atoms with Crippen LogP contribution in [-0.2, 0) is 9.53 Å². The van der Waals surface area contributed by atoms with Crippen molar-refractivity contribution in [2.75, 3.05) is 18.5 Å². The number of hydrogen-bond donors (Lipinski definition) is 2. The number of nitrogens with two attached hydrogens (primary N) is 1. The number of anilines is 1. The molecule has 1 heterocycles. The standard InChI is InChI=1S/C17H16BrClN2O6/c1-3-25-17(24)13-8(2)27-16(14(13)15(20)23)21-12(22)7-26-11-5-4-9(19)6-10(11)18/h4-6H,3,7H2,1-2H3,(H2,20,23)(H,21,22). The van der Waals surface area contributed by atoms with Gasteiger partial charge in [0.15, 0.2) is 6.61 Å². The summed E-state index contributed by atoms with van der Waals surface area (Å²) in [6.45, 7) is 2.79. The first-order valence-corrected chi connectivity index (χ1v) is 8.89. The quantitative estimate of drug-likeness (QED) is 0.613. The third-order valence-corrected chi connectivity index (χ3v) is 4.17. The second kappa shape index (κ2) is 8.92. The number of carbonyl (C=O) groups excluding carboxylic acids is 3. The average molecular weight is 460 g/mol. The van der Waals surface area contributed by atoms with Crippen molar-refractivity contribution in [3.05, 3.63) is 44.6 Å². The Morgan fingerprint density at radius 1 is 1.30 bits per heavy atom. The van der Waals surface area contributed by atoms with Crippen molar-refractivity contribution in [2.24, 2.45) is 5.73 Å². The minimum Gasteiger partial charge on any atom is -0.483 e. The molecule has 0 bridgehead atoms. The highest BCUT2D eigenvalue weighted by molar-refractivity contribution is 9.10. The van der Waals surface area contributed by atoms with E-state index in [4.69, 9.17) is 31.2 Å². The third-order valence-electron chi connectivity index (χ3n) is 3.32. The largest absolute Gasteiger partial charge is 0.483 e. The van der Waals surface area contributed by atoms with E-state index in [1.54, 1.807) is 25.1 Å². The number of nitrogens with one attached hydrogen (secondary N) is 1. The van der Waals surface area contributed by atoms with Crippen molar-refractivity contribution in [1.29, 1.82) is 0 Å². The van der Waals surface area contributed by atoms with Crippen LogP contribution < -0.4 is 15.8 Å². The molecule has 1 aromatic carbocycles. The van der Waals surface area contributed by atoms with Crippen LogP contribution >= 0.6 is 27.5 Å². The van der Waals surface area contributed by atoms with Crippen molar-refractivity contribution in [3.8, 4) is 5.75 Å².